The van der Waals surface area contributed by atoms with Crippen LogP contribution in [0.15, 0.2) is 60.7 Å². The molecule has 0 radical (unpaired) electrons. The van der Waals surface area contributed by atoms with Crippen LogP contribution >= 0.6 is 0 Å². The molecular weight excluding hydrogens is 456 g/mol. The highest BCUT2D eigenvalue weighted by atomic mass is 32.2. The molecule has 1 aliphatic rings. The number of rotatable bonds is 7. The van der Waals surface area contributed by atoms with Gasteiger partial charge in [-0.3, -0.25) is 9.10 Å². The Morgan fingerprint density at radius 2 is 1.63 bits per heavy atom. The molecule has 1 amide bonds. The van der Waals surface area contributed by atoms with Gasteiger partial charge in [-0.05, 0) is 98.0 Å². The van der Waals surface area contributed by atoms with Crippen LogP contribution in [-0.2, 0) is 29.4 Å². The number of nitrogens with one attached hydrogen (secondary N) is 1. The van der Waals surface area contributed by atoms with Gasteiger partial charge in [0, 0.05) is 5.56 Å². The van der Waals surface area contributed by atoms with Crippen molar-refractivity contribution >= 4 is 21.6 Å². The van der Waals surface area contributed by atoms with Crippen LogP contribution in [-0.4, -0.2) is 20.6 Å². The minimum Gasteiger partial charge on any atom is -0.346 e. The molecule has 5 nitrogen and oxygen atoms in total. The smallest absolute Gasteiger partial charge is 0.251 e. The van der Waals surface area contributed by atoms with Crippen molar-refractivity contribution < 1.29 is 13.2 Å². The van der Waals surface area contributed by atoms with Gasteiger partial charge in [-0.1, -0.05) is 42.5 Å². The van der Waals surface area contributed by atoms with Gasteiger partial charge in [0.2, 0.25) is 10.0 Å². The number of fused-ring (bicyclic) bond motifs is 1. The number of anilines is 1. The predicted octanol–water partition coefficient (Wildman–Crippen LogP) is 5.64. The molecule has 1 N–H and O–H groups in total. The fourth-order valence-electron chi connectivity index (χ4n) is 4.68. The lowest BCUT2D eigenvalue weighted by Crippen LogP contribution is -2.30. The molecule has 0 heterocycles. The van der Waals surface area contributed by atoms with E-state index < -0.39 is 10.0 Å². The Balaban J connectivity index is 1.47. The van der Waals surface area contributed by atoms with Crippen molar-refractivity contribution in [2.75, 3.05) is 10.6 Å². The first-order valence-corrected chi connectivity index (χ1v) is 14.0. The highest BCUT2D eigenvalue weighted by Crippen LogP contribution is 2.27. The van der Waals surface area contributed by atoms with Gasteiger partial charge in [-0.25, -0.2) is 8.42 Å². The van der Waals surface area contributed by atoms with E-state index >= 15 is 0 Å². The first kappa shape index (κ1) is 25.0. The highest BCUT2D eigenvalue weighted by Gasteiger charge is 2.20. The number of benzene rings is 3. The van der Waals surface area contributed by atoms with E-state index in [0.29, 0.717) is 11.3 Å². The summed E-state index contributed by atoms with van der Waals surface area (Å²) in [7, 11) is -3.48. The summed E-state index contributed by atoms with van der Waals surface area (Å²) in [4.78, 5) is 12.9. The molecule has 6 heteroatoms. The number of aryl methyl sites for hydroxylation is 4. The standard InChI is InChI=1S/C29H34N2O3S/c1-20-9-10-21(2)28(17-20)31(35(4,33)34)19-23-11-13-25(14-12-23)29(32)30-22(3)26-16-15-24-7-5-6-8-27(24)18-26/h9-18,22H,5-8,19H2,1-4H3,(H,30,32)/t22-/m1/s1. The van der Waals surface area contributed by atoms with Crippen molar-refractivity contribution in [1.82, 2.24) is 5.32 Å². The zero-order chi connectivity index (χ0) is 25.2. The quantitative estimate of drug-likeness (QED) is 0.466. The van der Waals surface area contributed by atoms with Crippen molar-refractivity contribution in [3.05, 3.63) is 99.6 Å². The van der Waals surface area contributed by atoms with Crippen LogP contribution in [0.4, 0.5) is 5.69 Å². The molecule has 0 saturated carbocycles. The molecule has 0 aliphatic heterocycles. The zero-order valence-corrected chi connectivity index (χ0v) is 21.8. The predicted molar refractivity (Wildman–Crippen MR) is 142 cm³/mol. The third-order valence-corrected chi connectivity index (χ3v) is 7.92. The van der Waals surface area contributed by atoms with Gasteiger partial charge in [-0.2, -0.15) is 0 Å². The van der Waals surface area contributed by atoms with E-state index in [4.69, 9.17) is 0 Å². The lowest BCUT2D eigenvalue weighted by molar-refractivity contribution is 0.0940. The van der Waals surface area contributed by atoms with E-state index in [1.165, 1.54) is 34.5 Å². The molecule has 1 aliphatic carbocycles. The van der Waals surface area contributed by atoms with Crippen LogP contribution in [0.25, 0.3) is 0 Å². The fraction of sp³-hybridized carbons (Fsp3) is 0.345. The zero-order valence-electron chi connectivity index (χ0n) is 21.0. The van der Waals surface area contributed by atoms with Crippen LogP contribution in [0.3, 0.4) is 0 Å². The van der Waals surface area contributed by atoms with E-state index in [9.17, 15) is 13.2 Å². The maximum Gasteiger partial charge on any atom is 0.251 e. The second-order valence-electron chi connectivity index (χ2n) is 9.69. The van der Waals surface area contributed by atoms with Gasteiger partial charge in [0.05, 0.1) is 24.5 Å². The molecule has 1 atom stereocenters. The van der Waals surface area contributed by atoms with Gasteiger partial charge in [0.15, 0.2) is 0 Å². The fourth-order valence-corrected chi connectivity index (χ4v) is 5.62. The van der Waals surface area contributed by atoms with Crippen LogP contribution < -0.4 is 9.62 Å². The summed E-state index contributed by atoms with van der Waals surface area (Å²) in [5, 5.41) is 3.10. The molecule has 0 unspecified atom stereocenters. The molecule has 0 fully saturated rings. The van der Waals surface area contributed by atoms with E-state index in [1.54, 1.807) is 12.1 Å². The second kappa shape index (κ2) is 10.2. The third-order valence-electron chi connectivity index (χ3n) is 6.80. The molecular formula is C29H34N2O3S. The first-order valence-electron chi connectivity index (χ1n) is 12.2. The molecule has 35 heavy (non-hydrogen) atoms. The number of nitrogens with zero attached hydrogens (tertiary/aromatic N) is 1. The summed E-state index contributed by atoms with van der Waals surface area (Å²) < 4.78 is 26.6. The number of carbonyl (C=O) groups excluding carboxylic acids is 1. The van der Waals surface area contributed by atoms with E-state index in [2.05, 4.69) is 23.5 Å². The molecule has 0 saturated heterocycles. The second-order valence-corrected chi connectivity index (χ2v) is 11.6. The van der Waals surface area contributed by atoms with Crippen molar-refractivity contribution in [1.29, 1.82) is 0 Å². The summed E-state index contributed by atoms with van der Waals surface area (Å²) in [5.74, 6) is -0.142. The largest absolute Gasteiger partial charge is 0.346 e. The van der Waals surface area contributed by atoms with Gasteiger partial charge in [-0.15, -0.1) is 0 Å². The number of sulfonamides is 1. The van der Waals surface area contributed by atoms with E-state index in [1.807, 2.05) is 51.1 Å². The van der Waals surface area contributed by atoms with Crippen LogP contribution in [0.5, 0.6) is 0 Å². The Bertz CT molecular complexity index is 1330. The number of hydrogen-bond donors (Lipinski definition) is 1. The maximum atomic E-state index is 12.9. The molecule has 0 bridgehead atoms. The van der Waals surface area contributed by atoms with Crippen molar-refractivity contribution in [3.8, 4) is 0 Å². The number of carbonyl (C=O) groups is 1. The molecule has 0 aromatic heterocycles. The Kier molecular flexibility index (Phi) is 7.31. The van der Waals surface area contributed by atoms with Gasteiger partial charge in [0.25, 0.3) is 5.91 Å². The monoisotopic (exact) mass is 490 g/mol. The van der Waals surface area contributed by atoms with E-state index in [-0.39, 0.29) is 18.5 Å². The summed E-state index contributed by atoms with van der Waals surface area (Å²) >= 11 is 0. The van der Waals surface area contributed by atoms with Crippen LogP contribution in [0, 0.1) is 13.8 Å². The topological polar surface area (TPSA) is 66.5 Å². The minimum absolute atomic E-state index is 0.0978. The first-order chi connectivity index (χ1) is 16.6. The summed E-state index contributed by atoms with van der Waals surface area (Å²) in [6.07, 6.45) is 5.95. The van der Waals surface area contributed by atoms with Crippen LogP contribution in [0.2, 0.25) is 0 Å². The Morgan fingerprint density at radius 1 is 0.943 bits per heavy atom. The van der Waals surface area contributed by atoms with Gasteiger partial charge < -0.3 is 5.32 Å². The Labute approximate surface area is 209 Å². The van der Waals surface area contributed by atoms with Crippen LogP contribution in [0.1, 0.15) is 69.5 Å². The lowest BCUT2D eigenvalue weighted by Gasteiger charge is -2.25. The van der Waals surface area contributed by atoms with Crippen molar-refractivity contribution in [2.45, 2.75) is 59.0 Å². The van der Waals surface area contributed by atoms with Crippen molar-refractivity contribution in [2.24, 2.45) is 0 Å². The molecule has 3 aromatic rings. The minimum atomic E-state index is -3.48. The third kappa shape index (κ3) is 5.93. The average Bonchev–Trinajstić information content (AvgIpc) is 2.83. The molecule has 4 rings (SSSR count). The Hall–Kier alpha value is -3.12. The van der Waals surface area contributed by atoms with Crippen molar-refractivity contribution in [3.63, 3.8) is 0 Å². The highest BCUT2D eigenvalue weighted by molar-refractivity contribution is 7.92. The molecule has 184 valence electrons. The lowest BCUT2D eigenvalue weighted by atomic mass is 9.89. The van der Waals surface area contributed by atoms with Gasteiger partial charge >= 0.3 is 0 Å². The number of hydrogen-bond acceptors (Lipinski definition) is 3. The van der Waals surface area contributed by atoms with E-state index in [0.717, 1.165) is 35.1 Å². The normalized spacial score (nSPS) is 14.2. The summed E-state index contributed by atoms with van der Waals surface area (Å²) in [6.45, 7) is 6.06. The molecule has 0 spiro atoms. The number of amides is 1. The SMILES string of the molecule is Cc1ccc(C)c(N(Cc2ccc(C(=O)N[C@H](C)c3ccc4c(c3)CCCC4)cc2)S(C)(=O)=O)c1. The average molecular weight is 491 g/mol. The Morgan fingerprint density at radius 3 is 2.31 bits per heavy atom. The van der Waals surface area contributed by atoms with Gasteiger partial charge in [0.1, 0.15) is 0 Å². The molecule has 3 aromatic carbocycles. The summed E-state index contributed by atoms with van der Waals surface area (Å²) in [6, 6.07) is 19.4. The summed E-state index contributed by atoms with van der Waals surface area (Å²) in [5.41, 5.74) is 7.89. The maximum absolute atomic E-state index is 12.9.